The van der Waals surface area contributed by atoms with Gasteiger partial charge in [0.15, 0.2) is 0 Å². The number of benzene rings is 2. The van der Waals surface area contributed by atoms with Crippen LogP contribution in [0.15, 0.2) is 46.9 Å². The normalized spacial score (nSPS) is 12.2. The van der Waals surface area contributed by atoms with Gasteiger partial charge in [0.25, 0.3) is 0 Å². The van der Waals surface area contributed by atoms with Crippen molar-refractivity contribution in [3.63, 3.8) is 0 Å². The third-order valence-electron chi connectivity index (χ3n) is 2.74. The first-order valence-corrected chi connectivity index (χ1v) is 7.22. The van der Waals surface area contributed by atoms with Crippen LogP contribution in [0.2, 0.25) is 5.02 Å². The van der Waals surface area contributed by atoms with E-state index in [1.165, 1.54) is 6.07 Å². The molecule has 0 bridgehead atoms. The van der Waals surface area contributed by atoms with Crippen molar-refractivity contribution in [1.29, 1.82) is 0 Å². The van der Waals surface area contributed by atoms with Crippen molar-refractivity contribution >= 4 is 27.5 Å². The van der Waals surface area contributed by atoms with Gasteiger partial charge in [-0.1, -0.05) is 23.7 Å². The Morgan fingerprint density at radius 1 is 1.20 bits per heavy atom. The molecule has 2 nitrogen and oxygen atoms in total. The van der Waals surface area contributed by atoms with E-state index in [9.17, 15) is 9.50 Å². The summed E-state index contributed by atoms with van der Waals surface area (Å²) in [4.78, 5) is 0. The molecule has 106 valence electrons. The number of aliphatic hydroxyl groups excluding tert-OH is 1. The molecule has 2 rings (SSSR count). The van der Waals surface area contributed by atoms with Crippen LogP contribution in [0.3, 0.4) is 0 Å². The number of hydrogen-bond acceptors (Lipinski definition) is 2. The molecule has 0 saturated heterocycles. The Bertz CT molecular complexity index is 575. The van der Waals surface area contributed by atoms with E-state index in [-0.39, 0.29) is 12.4 Å². The summed E-state index contributed by atoms with van der Waals surface area (Å²) in [6.07, 6.45) is -0.407. The van der Waals surface area contributed by atoms with Gasteiger partial charge in [-0.05, 0) is 51.8 Å². The van der Waals surface area contributed by atoms with E-state index in [2.05, 4.69) is 15.9 Å². The summed E-state index contributed by atoms with van der Waals surface area (Å²) in [5.41, 5.74) is 0.706. The summed E-state index contributed by atoms with van der Waals surface area (Å²) in [5.74, 6) is 0.292. The van der Waals surface area contributed by atoms with Gasteiger partial charge in [0.2, 0.25) is 0 Å². The predicted molar refractivity (Wildman–Crippen MR) is 80.8 cm³/mol. The summed E-state index contributed by atoms with van der Waals surface area (Å²) in [5, 5.41) is 10.6. The third kappa shape index (κ3) is 4.20. The highest BCUT2D eigenvalue weighted by molar-refractivity contribution is 9.10. The van der Waals surface area contributed by atoms with E-state index in [0.717, 1.165) is 0 Å². The molecule has 2 aromatic carbocycles. The number of hydrogen-bond donors (Lipinski definition) is 1. The van der Waals surface area contributed by atoms with Gasteiger partial charge >= 0.3 is 0 Å². The molecule has 1 N–H and O–H groups in total. The third-order valence-corrected chi connectivity index (χ3v) is 3.88. The maximum absolute atomic E-state index is 13.3. The van der Waals surface area contributed by atoms with E-state index >= 15 is 0 Å². The van der Waals surface area contributed by atoms with Crippen molar-refractivity contribution in [3.05, 3.63) is 63.3 Å². The van der Waals surface area contributed by atoms with Crippen molar-refractivity contribution in [1.82, 2.24) is 0 Å². The fourth-order valence-corrected chi connectivity index (χ4v) is 2.29. The van der Waals surface area contributed by atoms with Crippen molar-refractivity contribution in [3.8, 4) is 5.75 Å². The van der Waals surface area contributed by atoms with E-state index in [1.54, 1.807) is 36.4 Å². The standard InChI is InChI=1S/C15H13BrClFO2/c16-15-10(2-1-3-14(15)18)8-12(19)9-20-13-6-4-11(17)5-7-13/h1-7,12,19H,8-9H2. The highest BCUT2D eigenvalue weighted by Gasteiger charge is 2.11. The Morgan fingerprint density at radius 2 is 1.90 bits per heavy atom. The fraction of sp³-hybridized carbons (Fsp3) is 0.200. The number of halogens is 3. The smallest absolute Gasteiger partial charge is 0.137 e. The van der Waals surface area contributed by atoms with Crippen LogP contribution in [-0.4, -0.2) is 17.8 Å². The van der Waals surface area contributed by atoms with Crippen molar-refractivity contribution in [2.24, 2.45) is 0 Å². The van der Waals surface area contributed by atoms with E-state index < -0.39 is 6.10 Å². The predicted octanol–water partition coefficient (Wildman–Crippen LogP) is 4.22. The quantitative estimate of drug-likeness (QED) is 0.866. The molecule has 1 atom stereocenters. The van der Waals surface area contributed by atoms with Gasteiger partial charge in [0.1, 0.15) is 18.2 Å². The molecule has 0 aliphatic rings. The van der Waals surface area contributed by atoms with E-state index in [4.69, 9.17) is 16.3 Å². The molecule has 0 aliphatic heterocycles. The van der Waals surface area contributed by atoms with Crippen LogP contribution in [0, 0.1) is 5.82 Å². The molecule has 0 aliphatic carbocycles. The van der Waals surface area contributed by atoms with Crippen molar-refractivity contribution in [2.75, 3.05) is 6.61 Å². The van der Waals surface area contributed by atoms with Gasteiger partial charge in [-0.25, -0.2) is 4.39 Å². The van der Waals surface area contributed by atoms with Crippen LogP contribution in [0.1, 0.15) is 5.56 Å². The molecule has 20 heavy (non-hydrogen) atoms. The summed E-state index contributed by atoms with van der Waals surface area (Å²) >= 11 is 8.94. The lowest BCUT2D eigenvalue weighted by atomic mass is 10.1. The minimum atomic E-state index is -0.719. The highest BCUT2D eigenvalue weighted by Crippen LogP contribution is 2.22. The van der Waals surface area contributed by atoms with Crippen LogP contribution >= 0.6 is 27.5 Å². The van der Waals surface area contributed by atoms with Crippen LogP contribution < -0.4 is 4.74 Å². The number of rotatable bonds is 5. The Labute approximate surface area is 130 Å². The second kappa shape index (κ2) is 7.07. The first kappa shape index (κ1) is 15.3. The van der Waals surface area contributed by atoms with Crippen LogP contribution in [-0.2, 0) is 6.42 Å². The molecule has 0 aromatic heterocycles. The maximum Gasteiger partial charge on any atom is 0.137 e. The lowest BCUT2D eigenvalue weighted by Crippen LogP contribution is -2.20. The van der Waals surface area contributed by atoms with E-state index in [1.807, 2.05) is 0 Å². The molecule has 0 radical (unpaired) electrons. The first-order valence-electron chi connectivity index (χ1n) is 6.05. The SMILES string of the molecule is OC(COc1ccc(Cl)cc1)Cc1cccc(F)c1Br. The number of aliphatic hydroxyl groups is 1. The molecule has 0 spiro atoms. The maximum atomic E-state index is 13.3. The van der Waals surface area contributed by atoms with Gasteiger partial charge < -0.3 is 9.84 Å². The average molecular weight is 360 g/mol. The zero-order valence-corrected chi connectivity index (χ0v) is 12.9. The molecule has 5 heteroatoms. The Kier molecular flexibility index (Phi) is 5.40. The topological polar surface area (TPSA) is 29.5 Å². The molecule has 2 aromatic rings. The Hall–Kier alpha value is -1.10. The van der Waals surface area contributed by atoms with Gasteiger partial charge in [0, 0.05) is 11.4 Å². The molecule has 1 unspecified atom stereocenters. The lowest BCUT2D eigenvalue weighted by molar-refractivity contribution is 0.107. The Morgan fingerprint density at radius 3 is 2.60 bits per heavy atom. The fourth-order valence-electron chi connectivity index (χ4n) is 1.74. The zero-order chi connectivity index (χ0) is 14.5. The second-order valence-corrected chi connectivity index (χ2v) is 5.57. The molecule has 0 amide bonds. The van der Waals surface area contributed by atoms with E-state index in [0.29, 0.717) is 27.2 Å². The van der Waals surface area contributed by atoms with Crippen molar-refractivity contribution < 1.29 is 14.2 Å². The zero-order valence-electron chi connectivity index (χ0n) is 10.5. The average Bonchev–Trinajstić information content (AvgIpc) is 2.43. The van der Waals surface area contributed by atoms with Gasteiger partial charge in [0.05, 0.1) is 10.6 Å². The Balaban J connectivity index is 1.91. The monoisotopic (exact) mass is 358 g/mol. The summed E-state index contributed by atoms with van der Waals surface area (Å²) in [7, 11) is 0. The molecular formula is C15H13BrClFO2. The van der Waals surface area contributed by atoms with Crippen molar-refractivity contribution in [2.45, 2.75) is 12.5 Å². The van der Waals surface area contributed by atoms with Gasteiger partial charge in [-0.2, -0.15) is 0 Å². The van der Waals surface area contributed by atoms with Crippen LogP contribution in [0.4, 0.5) is 4.39 Å². The molecule has 0 heterocycles. The largest absolute Gasteiger partial charge is 0.491 e. The number of ether oxygens (including phenoxy) is 1. The summed E-state index contributed by atoms with van der Waals surface area (Å²) in [6.45, 7) is 0.130. The lowest BCUT2D eigenvalue weighted by Gasteiger charge is -2.13. The highest BCUT2D eigenvalue weighted by atomic mass is 79.9. The minimum absolute atomic E-state index is 0.130. The molecule has 0 fully saturated rings. The second-order valence-electron chi connectivity index (χ2n) is 4.34. The molecule has 0 saturated carbocycles. The van der Waals surface area contributed by atoms with Crippen LogP contribution in [0.25, 0.3) is 0 Å². The summed E-state index contributed by atoms with van der Waals surface area (Å²) < 4.78 is 19.2. The van der Waals surface area contributed by atoms with Gasteiger partial charge in [-0.3, -0.25) is 0 Å². The summed E-state index contributed by atoms with van der Waals surface area (Å²) in [6, 6.07) is 11.6. The molecular weight excluding hydrogens is 347 g/mol. The van der Waals surface area contributed by atoms with Gasteiger partial charge in [-0.15, -0.1) is 0 Å². The first-order chi connectivity index (χ1) is 9.56. The minimum Gasteiger partial charge on any atom is -0.491 e. The van der Waals surface area contributed by atoms with Crippen LogP contribution in [0.5, 0.6) is 5.75 Å².